The molecule has 0 aromatic heterocycles. The molecule has 0 fully saturated rings. The molecule has 5 heteroatoms. The van der Waals surface area contributed by atoms with Crippen molar-refractivity contribution in [2.24, 2.45) is 0 Å². The molecule has 0 spiro atoms. The lowest BCUT2D eigenvalue weighted by Gasteiger charge is -1.99. The highest BCUT2D eigenvalue weighted by atomic mass is 32.2. The second-order valence-corrected chi connectivity index (χ2v) is 4.01. The topological polar surface area (TPSA) is 46.2 Å². The largest absolute Gasteiger partial charge is 0.337 e. The number of benzene rings is 1. The van der Waals surface area contributed by atoms with Gasteiger partial charge < -0.3 is 0 Å². The Morgan fingerprint density at radius 2 is 1.83 bits per heavy atom. The molecule has 0 aliphatic rings. The molecule has 1 aromatic carbocycles. The maximum absolute atomic E-state index is 11.0. The lowest BCUT2D eigenvalue weighted by atomic mass is 9.95. The first-order chi connectivity index (χ1) is 5.64. The Morgan fingerprint density at radius 3 is 2.33 bits per heavy atom. The van der Waals surface area contributed by atoms with Crippen LogP contribution in [0, 0.1) is 0 Å². The van der Waals surface area contributed by atoms with E-state index in [2.05, 4.69) is 4.72 Å². The highest BCUT2D eigenvalue weighted by Crippen LogP contribution is 1.84. The van der Waals surface area contributed by atoms with E-state index in [-0.39, 0.29) is 0 Å². The quantitative estimate of drug-likeness (QED) is 0.639. The average Bonchev–Trinajstić information content (AvgIpc) is 2.06. The summed E-state index contributed by atoms with van der Waals surface area (Å²) in [5.74, 6) is 0. The van der Waals surface area contributed by atoms with Crippen LogP contribution in [0.1, 0.15) is 0 Å². The van der Waals surface area contributed by atoms with Crippen molar-refractivity contribution in [3.8, 4) is 0 Å². The first kappa shape index (κ1) is 9.28. The fourth-order valence-electron chi connectivity index (χ4n) is 0.770. The first-order valence-corrected chi connectivity index (χ1v) is 5.02. The molecule has 1 radical (unpaired) electrons. The van der Waals surface area contributed by atoms with Gasteiger partial charge in [-0.2, -0.15) is 0 Å². The number of hydrogen-bond acceptors (Lipinski definition) is 2. The SMILES string of the molecule is CNS(=O)(=O)[B]c1ccccc1. The van der Waals surface area contributed by atoms with Crippen molar-refractivity contribution in [3.63, 3.8) is 0 Å². The number of rotatable bonds is 3. The standard InChI is InChI=1S/C7H9BNO2S/c1-9-12(10,11)8-7-5-3-2-4-6-7/h2-6,9H,1H3. The molecule has 3 nitrogen and oxygen atoms in total. The number of hydrogen-bond donors (Lipinski definition) is 1. The van der Waals surface area contributed by atoms with Gasteiger partial charge in [-0.15, -0.1) is 0 Å². The normalized spacial score (nSPS) is 11.1. The van der Waals surface area contributed by atoms with Gasteiger partial charge in [0.1, 0.15) is 0 Å². The molecular weight excluding hydrogens is 173 g/mol. The Morgan fingerprint density at radius 1 is 1.25 bits per heavy atom. The van der Waals surface area contributed by atoms with Crippen LogP contribution >= 0.6 is 0 Å². The predicted molar refractivity (Wildman–Crippen MR) is 49.8 cm³/mol. The van der Waals surface area contributed by atoms with Crippen molar-refractivity contribution >= 4 is 21.9 Å². The van der Waals surface area contributed by atoms with Crippen LogP contribution in [0.5, 0.6) is 0 Å². The van der Waals surface area contributed by atoms with E-state index in [4.69, 9.17) is 0 Å². The van der Waals surface area contributed by atoms with Gasteiger partial charge in [0.2, 0.25) is 0 Å². The smallest absolute Gasteiger partial charge is 0.228 e. The van der Waals surface area contributed by atoms with Crippen molar-refractivity contribution in [3.05, 3.63) is 30.3 Å². The van der Waals surface area contributed by atoms with E-state index in [9.17, 15) is 8.42 Å². The van der Waals surface area contributed by atoms with Crippen molar-refractivity contribution in [2.75, 3.05) is 7.05 Å². The van der Waals surface area contributed by atoms with E-state index in [1.807, 2.05) is 6.07 Å². The van der Waals surface area contributed by atoms with Crippen molar-refractivity contribution in [1.29, 1.82) is 0 Å². The molecule has 0 saturated heterocycles. The zero-order valence-corrected chi connectivity index (χ0v) is 7.51. The summed E-state index contributed by atoms with van der Waals surface area (Å²) in [4.78, 5) is 0. The Bertz CT molecular complexity index is 336. The van der Waals surface area contributed by atoms with Gasteiger partial charge in [0, 0.05) is 0 Å². The van der Waals surface area contributed by atoms with Crippen molar-refractivity contribution < 1.29 is 8.42 Å². The van der Waals surface area contributed by atoms with Crippen molar-refractivity contribution in [2.45, 2.75) is 0 Å². The molecule has 1 N–H and O–H groups in total. The molecule has 0 unspecified atom stereocenters. The molecule has 63 valence electrons. The minimum atomic E-state index is -3.25. The fourth-order valence-corrected chi connectivity index (χ4v) is 1.40. The fraction of sp³-hybridized carbons (Fsp3) is 0.143. The number of nitrogens with one attached hydrogen (secondary N) is 1. The first-order valence-electron chi connectivity index (χ1n) is 3.47. The highest BCUT2D eigenvalue weighted by Gasteiger charge is 2.10. The maximum atomic E-state index is 11.0. The van der Waals surface area contributed by atoms with Crippen molar-refractivity contribution in [1.82, 2.24) is 4.72 Å². The summed E-state index contributed by atoms with van der Waals surface area (Å²) in [6.07, 6.45) is 0. The van der Waals surface area contributed by atoms with Crippen LogP contribution < -0.4 is 10.2 Å². The molecule has 0 heterocycles. The predicted octanol–water partition coefficient (Wildman–Crippen LogP) is -0.520. The summed E-state index contributed by atoms with van der Waals surface area (Å²) in [7, 11) is -1.86. The van der Waals surface area contributed by atoms with Crippen LogP contribution in [0.25, 0.3) is 0 Å². The van der Waals surface area contributed by atoms with Crippen LogP contribution in [0.2, 0.25) is 0 Å². The summed E-state index contributed by atoms with van der Waals surface area (Å²) < 4.78 is 24.2. The minimum absolute atomic E-state index is 0.673. The van der Waals surface area contributed by atoms with Gasteiger partial charge in [0.15, 0.2) is 9.87 Å². The van der Waals surface area contributed by atoms with Crippen LogP contribution in [0.4, 0.5) is 0 Å². The Labute approximate surface area is 73.0 Å². The van der Waals surface area contributed by atoms with Gasteiger partial charge in [-0.05, 0) is 7.05 Å². The molecule has 1 aromatic rings. The van der Waals surface area contributed by atoms with Gasteiger partial charge in [0.25, 0.3) is 0 Å². The van der Waals surface area contributed by atoms with Gasteiger partial charge in [-0.3, -0.25) is 0 Å². The molecule has 0 amide bonds. The van der Waals surface area contributed by atoms with Gasteiger partial charge >= 0.3 is 6.56 Å². The summed E-state index contributed by atoms with van der Waals surface area (Å²) in [6.45, 7) is 1.19. The maximum Gasteiger partial charge on any atom is 0.337 e. The lowest BCUT2D eigenvalue weighted by molar-refractivity contribution is 0.602. The van der Waals surface area contributed by atoms with Gasteiger partial charge in [0.05, 0.1) is 0 Å². The van der Waals surface area contributed by atoms with Gasteiger partial charge in [-0.1, -0.05) is 35.8 Å². The van der Waals surface area contributed by atoms with Crippen LogP contribution in [-0.2, 0) is 9.87 Å². The zero-order valence-electron chi connectivity index (χ0n) is 6.69. The summed E-state index contributed by atoms with van der Waals surface area (Å²) in [6, 6.07) is 8.88. The van der Waals surface area contributed by atoms with E-state index in [0.29, 0.717) is 5.46 Å². The minimum Gasteiger partial charge on any atom is -0.228 e. The molecule has 0 aliphatic carbocycles. The Balaban J connectivity index is 2.78. The Hall–Kier alpha value is -0.805. The lowest BCUT2D eigenvalue weighted by Crippen LogP contribution is -2.32. The third-order valence-corrected chi connectivity index (χ3v) is 2.53. The third kappa shape index (κ3) is 2.67. The van der Waals surface area contributed by atoms with Crippen LogP contribution in [0.15, 0.2) is 30.3 Å². The summed E-state index contributed by atoms with van der Waals surface area (Å²) in [5.41, 5.74) is 0.673. The third-order valence-electron chi connectivity index (χ3n) is 1.38. The second-order valence-electron chi connectivity index (χ2n) is 2.28. The van der Waals surface area contributed by atoms with Gasteiger partial charge in [-0.25, -0.2) is 13.1 Å². The molecule has 0 aliphatic heterocycles. The Kier molecular flexibility index (Phi) is 2.89. The monoisotopic (exact) mass is 182 g/mol. The van der Waals surface area contributed by atoms with E-state index in [1.165, 1.54) is 13.6 Å². The van der Waals surface area contributed by atoms with Crippen LogP contribution in [0.3, 0.4) is 0 Å². The highest BCUT2D eigenvalue weighted by molar-refractivity contribution is 8.14. The molecule has 0 bridgehead atoms. The van der Waals surface area contributed by atoms with E-state index in [0.717, 1.165) is 0 Å². The molecular formula is C7H9BNO2S. The second kappa shape index (κ2) is 3.73. The molecule has 0 saturated carbocycles. The van der Waals surface area contributed by atoms with E-state index >= 15 is 0 Å². The van der Waals surface area contributed by atoms with E-state index < -0.39 is 9.87 Å². The zero-order chi connectivity index (χ0) is 9.03. The summed E-state index contributed by atoms with van der Waals surface area (Å²) >= 11 is 0. The molecule has 0 atom stereocenters. The average molecular weight is 182 g/mol. The molecule has 1 rings (SSSR count). The van der Waals surface area contributed by atoms with E-state index in [1.54, 1.807) is 24.3 Å². The molecule has 12 heavy (non-hydrogen) atoms. The van der Waals surface area contributed by atoms with Crippen LogP contribution in [-0.4, -0.2) is 22.0 Å². The summed E-state index contributed by atoms with van der Waals surface area (Å²) in [5, 5.41) is 0.